The van der Waals surface area contributed by atoms with Crippen LogP contribution >= 0.6 is 12.2 Å². The molecule has 0 aromatic heterocycles. The summed E-state index contributed by atoms with van der Waals surface area (Å²) in [4.78, 5) is 12.4. The predicted molar refractivity (Wildman–Crippen MR) is 125 cm³/mol. The number of benzene rings is 3. The van der Waals surface area contributed by atoms with Crippen molar-refractivity contribution in [3.05, 3.63) is 84.2 Å². The smallest absolute Gasteiger partial charge is 0.264 e. The van der Waals surface area contributed by atoms with Crippen LogP contribution in [0, 0.1) is 5.82 Å². The van der Waals surface area contributed by atoms with Gasteiger partial charge in [0, 0.05) is 18.3 Å². The van der Waals surface area contributed by atoms with Crippen LogP contribution in [0.2, 0.25) is 0 Å². The van der Waals surface area contributed by atoms with Crippen LogP contribution in [0.25, 0.3) is 0 Å². The molecular weight excluding hydrogens is 453 g/mol. The van der Waals surface area contributed by atoms with Gasteiger partial charge >= 0.3 is 0 Å². The van der Waals surface area contributed by atoms with Gasteiger partial charge in [-0.25, -0.2) is 12.8 Å². The van der Waals surface area contributed by atoms with Gasteiger partial charge in [-0.15, -0.1) is 0 Å². The number of amides is 1. The highest BCUT2D eigenvalue weighted by Gasteiger charge is 2.21. The Morgan fingerprint density at radius 2 is 1.69 bits per heavy atom. The number of halogens is 1. The maximum absolute atomic E-state index is 13.8. The lowest BCUT2D eigenvalue weighted by atomic mass is 10.2. The van der Waals surface area contributed by atoms with Gasteiger partial charge in [0.2, 0.25) is 0 Å². The summed E-state index contributed by atoms with van der Waals surface area (Å²) in [6, 6.07) is 18.4. The van der Waals surface area contributed by atoms with Crippen molar-refractivity contribution >= 4 is 44.6 Å². The van der Waals surface area contributed by atoms with E-state index in [1.165, 1.54) is 54.9 Å². The van der Waals surface area contributed by atoms with Crippen LogP contribution in [0.5, 0.6) is 5.75 Å². The molecule has 1 amide bonds. The fourth-order valence-electron chi connectivity index (χ4n) is 2.79. The first-order valence-corrected chi connectivity index (χ1v) is 11.2. The molecule has 0 aliphatic rings. The molecule has 0 fully saturated rings. The molecule has 7 nitrogen and oxygen atoms in total. The third-order valence-electron chi connectivity index (χ3n) is 4.53. The number of carbonyl (C=O) groups excluding carboxylic acids is 1. The molecule has 0 saturated heterocycles. The van der Waals surface area contributed by atoms with Gasteiger partial charge in [0.15, 0.2) is 16.7 Å². The van der Waals surface area contributed by atoms with Crippen LogP contribution in [0.15, 0.2) is 77.7 Å². The van der Waals surface area contributed by atoms with Gasteiger partial charge in [0.1, 0.15) is 0 Å². The number of nitrogens with zero attached hydrogens (tertiary/aromatic N) is 1. The molecule has 10 heteroatoms. The molecule has 166 valence electrons. The second-order valence-electron chi connectivity index (χ2n) is 6.59. The van der Waals surface area contributed by atoms with Crippen molar-refractivity contribution in [2.24, 2.45) is 0 Å². The monoisotopic (exact) mass is 473 g/mol. The minimum atomic E-state index is -3.74. The molecule has 0 unspecified atom stereocenters. The summed E-state index contributed by atoms with van der Waals surface area (Å²) in [6.07, 6.45) is 0. The molecule has 0 bridgehead atoms. The number of carbonyl (C=O) groups is 1. The standard InChI is InChI=1S/C22H20FN3O4S2/c1-26(17-6-4-3-5-7-17)32(28,29)18-11-9-16(10-12-18)24-22(31)25-21(27)15-8-13-20(30-2)19(23)14-15/h3-14H,1-2H3,(H2,24,25,27,31). The Balaban J connectivity index is 1.65. The lowest BCUT2D eigenvalue weighted by molar-refractivity contribution is 0.0977. The highest BCUT2D eigenvalue weighted by Crippen LogP contribution is 2.23. The topological polar surface area (TPSA) is 87.7 Å². The van der Waals surface area contributed by atoms with E-state index >= 15 is 0 Å². The second kappa shape index (κ2) is 9.75. The minimum absolute atomic E-state index is 0.0233. The fraction of sp³-hybridized carbons (Fsp3) is 0.0909. The molecule has 0 spiro atoms. The molecule has 0 aliphatic carbocycles. The average molecular weight is 474 g/mol. The Morgan fingerprint density at radius 1 is 1.03 bits per heavy atom. The highest BCUT2D eigenvalue weighted by molar-refractivity contribution is 7.92. The quantitative estimate of drug-likeness (QED) is 0.530. The van der Waals surface area contributed by atoms with Crippen molar-refractivity contribution in [2.45, 2.75) is 4.90 Å². The molecule has 3 aromatic carbocycles. The van der Waals surface area contributed by atoms with Gasteiger partial charge in [0.25, 0.3) is 15.9 Å². The maximum Gasteiger partial charge on any atom is 0.264 e. The van der Waals surface area contributed by atoms with Crippen LogP contribution < -0.4 is 19.7 Å². The van der Waals surface area contributed by atoms with Gasteiger partial charge in [-0.3, -0.25) is 14.4 Å². The van der Waals surface area contributed by atoms with E-state index in [1.54, 1.807) is 30.3 Å². The molecule has 3 rings (SSSR count). The van der Waals surface area contributed by atoms with Crippen LogP contribution in [-0.2, 0) is 10.0 Å². The lowest BCUT2D eigenvalue weighted by Gasteiger charge is -2.19. The van der Waals surface area contributed by atoms with Crippen LogP contribution in [-0.4, -0.2) is 33.6 Å². The van der Waals surface area contributed by atoms with Crippen molar-refractivity contribution in [2.75, 3.05) is 23.8 Å². The molecule has 0 heterocycles. The molecule has 0 aliphatic heterocycles. The average Bonchev–Trinajstić information content (AvgIpc) is 2.79. The highest BCUT2D eigenvalue weighted by atomic mass is 32.2. The van der Waals surface area contributed by atoms with Crippen molar-refractivity contribution in [1.29, 1.82) is 0 Å². The first-order valence-electron chi connectivity index (χ1n) is 9.32. The Hall–Kier alpha value is -3.50. The van der Waals surface area contributed by atoms with Crippen LogP contribution in [0.3, 0.4) is 0 Å². The number of ether oxygens (including phenoxy) is 1. The van der Waals surface area contributed by atoms with Gasteiger partial charge in [-0.1, -0.05) is 18.2 Å². The Kier molecular flexibility index (Phi) is 7.06. The van der Waals surface area contributed by atoms with Gasteiger partial charge in [0.05, 0.1) is 17.7 Å². The Morgan fingerprint density at radius 3 is 2.28 bits per heavy atom. The van der Waals surface area contributed by atoms with E-state index in [2.05, 4.69) is 10.6 Å². The SMILES string of the molecule is COc1ccc(C(=O)NC(=S)Nc2ccc(S(=O)(=O)N(C)c3ccccc3)cc2)cc1F. The summed E-state index contributed by atoms with van der Waals surface area (Å²) in [6.45, 7) is 0. The zero-order valence-corrected chi connectivity index (χ0v) is 18.8. The number of rotatable bonds is 6. The van der Waals surface area contributed by atoms with E-state index < -0.39 is 21.7 Å². The van der Waals surface area contributed by atoms with Gasteiger partial charge in [-0.2, -0.15) is 0 Å². The maximum atomic E-state index is 13.8. The first-order chi connectivity index (χ1) is 15.2. The zero-order valence-electron chi connectivity index (χ0n) is 17.2. The first kappa shape index (κ1) is 23.2. The van der Waals surface area contributed by atoms with E-state index in [0.717, 1.165) is 6.07 Å². The van der Waals surface area contributed by atoms with Crippen LogP contribution in [0.4, 0.5) is 15.8 Å². The number of methoxy groups -OCH3 is 1. The molecule has 32 heavy (non-hydrogen) atoms. The van der Waals surface area contributed by atoms with Crippen molar-refractivity contribution in [3.8, 4) is 5.75 Å². The number of anilines is 2. The molecule has 0 radical (unpaired) electrons. The Labute approximate surface area is 190 Å². The normalized spacial score (nSPS) is 10.8. The van der Waals surface area contributed by atoms with Crippen LogP contribution in [0.1, 0.15) is 10.4 Å². The summed E-state index contributed by atoms with van der Waals surface area (Å²) in [5.41, 5.74) is 1.07. The summed E-state index contributed by atoms with van der Waals surface area (Å²) < 4.78 is 45.4. The largest absolute Gasteiger partial charge is 0.494 e. The number of nitrogens with one attached hydrogen (secondary N) is 2. The number of para-hydroxylation sites is 1. The molecule has 2 N–H and O–H groups in total. The number of sulfonamides is 1. The Bertz CT molecular complexity index is 1230. The lowest BCUT2D eigenvalue weighted by Crippen LogP contribution is -2.34. The number of hydrogen-bond donors (Lipinski definition) is 2. The summed E-state index contributed by atoms with van der Waals surface area (Å²) in [7, 11) is -0.942. The second-order valence-corrected chi connectivity index (χ2v) is 8.97. The minimum Gasteiger partial charge on any atom is -0.494 e. The van der Waals surface area contributed by atoms with E-state index in [9.17, 15) is 17.6 Å². The van der Waals surface area contributed by atoms with Crippen molar-refractivity contribution in [1.82, 2.24) is 5.32 Å². The predicted octanol–water partition coefficient (Wildman–Crippen LogP) is 3.79. The molecule has 3 aromatic rings. The number of hydrogen-bond acceptors (Lipinski definition) is 5. The van der Waals surface area contributed by atoms with E-state index in [0.29, 0.717) is 11.4 Å². The molecule has 0 atom stereocenters. The third kappa shape index (κ3) is 5.21. The summed E-state index contributed by atoms with van der Waals surface area (Å²) in [5, 5.41) is 5.21. The number of thiocarbonyl (C=S) groups is 1. The van der Waals surface area contributed by atoms with E-state index in [1.807, 2.05) is 0 Å². The molecule has 0 saturated carbocycles. The van der Waals surface area contributed by atoms with E-state index in [4.69, 9.17) is 17.0 Å². The fourth-order valence-corrected chi connectivity index (χ4v) is 4.20. The van der Waals surface area contributed by atoms with Crippen molar-refractivity contribution < 1.29 is 22.3 Å². The van der Waals surface area contributed by atoms with Gasteiger partial charge in [-0.05, 0) is 66.8 Å². The summed E-state index contributed by atoms with van der Waals surface area (Å²) >= 11 is 5.12. The third-order valence-corrected chi connectivity index (χ3v) is 6.54. The zero-order chi connectivity index (χ0) is 23.3. The van der Waals surface area contributed by atoms with Gasteiger partial charge < -0.3 is 10.1 Å². The summed E-state index contributed by atoms with van der Waals surface area (Å²) in [5.74, 6) is -1.25. The molecular formula is C22H20FN3O4S2. The van der Waals surface area contributed by atoms with Crippen molar-refractivity contribution in [3.63, 3.8) is 0 Å². The van der Waals surface area contributed by atoms with E-state index in [-0.39, 0.29) is 21.3 Å².